The number of nitrogens with zero attached hydrogens (tertiary/aromatic N) is 3. The number of carbonyl (C=O) groups is 1. The van der Waals surface area contributed by atoms with E-state index in [2.05, 4.69) is 21.6 Å². The van der Waals surface area contributed by atoms with E-state index < -0.39 is 5.25 Å². The topological polar surface area (TPSA) is 91.8 Å². The van der Waals surface area contributed by atoms with E-state index in [1.165, 1.54) is 61.6 Å². The molecule has 1 N–H and O–H groups in total. The van der Waals surface area contributed by atoms with Crippen LogP contribution in [0.1, 0.15) is 56.9 Å². The molecule has 0 radical (unpaired) electrons. The van der Waals surface area contributed by atoms with E-state index in [9.17, 15) is 4.79 Å². The molecule has 0 aliphatic heterocycles. The van der Waals surface area contributed by atoms with E-state index >= 15 is 0 Å². The molecule has 146 valence electrons. The summed E-state index contributed by atoms with van der Waals surface area (Å²) in [5.74, 6) is 3.07. The van der Waals surface area contributed by atoms with Crippen LogP contribution in [0.2, 0.25) is 0 Å². The smallest absolute Gasteiger partial charge is 0.277 e. The first kappa shape index (κ1) is 18.2. The third-order valence-corrected chi connectivity index (χ3v) is 8.33. The maximum absolute atomic E-state index is 12.5. The maximum atomic E-state index is 12.5. The summed E-state index contributed by atoms with van der Waals surface area (Å²) in [6, 6.07) is 3.79. The van der Waals surface area contributed by atoms with Crippen molar-refractivity contribution in [2.45, 2.75) is 61.3 Å². The first-order valence-electron chi connectivity index (χ1n) is 9.84. The van der Waals surface area contributed by atoms with Crippen molar-refractivity contribution in [3.63, 3.8) is 0 Å². The van der Waals surface area contributed by atoms with E-state index in [1.807, 2.05) is 6.92 Å². The van der Waals surface area contributed by atoms with Gasteiger partial charge in [-0.2, -0.15) is 5.26 Å². The van der Waals surface area contributed by atoms with E-state index in [-0.39, 0.29) is 11.3 Å². The van der Waals surface area contributed by atoms with Crippen LogP contribution < -0.4 is 5.32 Å². The Labute approximate surface area is 172 Å². The SMILES string of the molecule is C[C@H](Sc1nnc(C23CC4CC(CC(C4)C2)C3)o1)C(=O)Nc1sccc1C#N. The molecule has 4 aliphatic rings. The van der Waals surface area contributed by atoms with Crippen molar-refractivity contribution in [2.24, 2.45) is 17.8 Å². The van der Waals surface area contributed by atoms with Crippen molar-refractivity contribution >= 4 is 34.0 Å². The molecule has 4 aliphatic carbocycles. The Morgan fingerprint density at radius 3 is 2.64 bits per heavy atom. The third-order valence-electron chi connectivity index (χ3n) is 6.57. The highest BCUT2D eigenvalue weighted by Gasteiger charge is 2.54. The van der Waals surface area contributed by atoms with Gasteiger partial charge in [-0.3, -0.25) is 4.79 Å². The van der Waals surface area contributed by atoms with Gasteiger partial charge in [-0.05, 0) is 74.6 Å². The summed E-state index contributed by atoms with van der Waals surface area (Å²) in [6.45, 7) is 1.81. The molecule has 0 saturated heterocycles. The number of hydrogen-bond donors (Lipinski definition) is 1. The first-order chi connectivity index (χ1) is 13.5. The summed E-state index contributed by atoms with van der Waals surface area (Å²) in [5.41, 5.74) is 0.558. The van der Waals surface area contributed by atoms with Crippen LogP contribution in [0.4, 0.5) is 5.00 Å². The lowest BCUT2D eigenvalue weighted by atomic mass is 9.49. The quantitative estimate of drug-likeness (QED) is 0.720. The molecule has 4 fully saturated rings. The largest absolute Gasteiger partial charge is 0.415 e. The zero-order valence-electron chi connectivity index (χ0n) is 15.7. The molecule has 0 unspecified atom stereocenters. The molecule has 6 rings (SSSR count). The van der Waals surface area contributed by atoms with Gasteiger partial charge >= 0.3 is 0 Å². The van der Waals surface area contributed by atoms with Gasteiger partial charge in [0, 0.05) is 5.41 Å². The Morgan fingerprint density at radius 1 is 1.32 bits per heavy atom. The van der Waals surface area contributed by atoms with Gasteiger partial charge in [0.15, 0.2) is 0 Å². The molecule has 6 nitrogen and oxygen atoms in total. The van der Waals surface area contributed by atoms with Crippen molar-refractivity contribution in [1.29, 1.82) is 5.26 Å². The van der Waals surface area contributed by atoms with Crippen LogP contribution in [0.3, 0.4) is 0 Å². The van der Waals surface area contributed by atoms with Crippen LogP contribution >= 0.6 is 23.1 Å². The lowest BCUT2D eigenvalue weighted by molar-refractivity contribution is -0.115. The molecule has 0 aromatic carbocycles. The number of aromatic nitrogens is 2. The van der Waals surface area contributed by atoms with Crippen LogP contribution in [0.25, 0.3) is 0 Å². The molecule has 1 atom stereocenters. The average molecular weight is 415 g/mol. The third kappa shape index (κ3) is 3.15. The van der Waals surface area contributed by atoms with E-state index in [0.717, 1.165) is 23.6 Å². The summed E-state index contributed by atoms with van der Waals surface area (Å²) in [7, 11) is 0. The van der Waals surface area contributed by atoms with Crippen molar-refractivity contribution in [2.75, 3.05) is 5.32 Å². The molecular formula is C20H22N4O2S2. The number of thiophene rings is 1. The molecule has 4 saturated carbocycles. The van der Waals surface area contributed by atoms with Crippen molar-refractivity contribution in [3.05, 3.63) is 22.9 Å². The zero-order chi connectivity index (χ0) is 19.3. The van der Waals surface area contributed by atoms with Crippen LogP contribution in [0, 0.1) is 29.1 Å². The van der Waals surface area contributed by atoms with Gasteiger partial charge in [-0.15, -0.1) is 21.5 Å². The fourth-order valence-corrected chi connectivity index (χ4v) is 7.18. The minimum atomic E-state index is -0.390. The predicted molar refractivity (Wildman–Crippen MR) is 107 cm³/mol. The Balaban J connectivity index is 1.27. The lowest BCUT2D eigenvalue weighted by Gasteiger charge is -2.55. The predicted octanol–water partition coefficient (Wildman–Crippen LogP) is 4.59. The molecule has 1 amide bonds. The zero-order valence-corrected chi connectivity index (χ0v) is 17.3. The highest BCUT2D eigenvalue weighted by Crippen LogP contribution is 2.60. The standard InChI is InChI=1S/C20H22N4O2S2/c1-11(16(25)22-17-15(10-21)2-3-27-17)28-19-24-23-18(26-19)20-7-12-4-13(8-20)6-14(5-12)9-20/h2-3,11-14H,4-9H2,1H3,(H,22,25)/t11-,12?,13?,14?,20?/m0/s1. The molecule has 4 bridgehead atoms. The normalized spacial score (nSPS) is 31.5. The Kier molecular flexibility index (Phi) is 4.48. The number of nitriles is 1. The van der Waals surface area contributed by atoms with Crippen LogP contribution in [-0.2, 0) is 10.2 Å². The molecular weight excluding hydrogens is 392 g/mol. The molecule has 2 aromatic rings. The minimum absolute atomic E-state index is 0.0741. The Hall–Kier alpha value is -1.85. The molecule has 28 heavy (non-hydrogen) atoms. The van der Waals surface area contributed by atoms with Gasteiger partial charge < -0.3 is 9.73 Å². The molecule has 0 spiro atoms. The summed E-state index contributed by atoms with van der Waals surface area (Å²) in [4.78, 5) is 12.5. The number of carbonyl (C=O) groups excluding carboxylic acids is 1. The maximum Gasteiger partial charge on any atom is 0.277 e. The molecule has 8 heteroatoms. The Morgan fingerprint density at radius 2 is 2.00 bits per heavy atom. The summed E-state index contributed by atoms with van der Waals surface area (Å²) < 4.78 is 6.08. The fraction of sp³-hybridized carbons (Fsp3) is 0.600. The van der Waals surface area contributed by atoms with Gasteiger partial charge in [0.05, 0.1) is 10.8 Å². The summed E-state index contributed by atoms with van der Waals surface area (Å²) >= 11 is 2.63. The number of anilines is 1. The number of thioether (sulfide) groups is 1. The average Bonchev–Trinajstić information content (AvgIpc) is 3.30. The van der Waals surface area contributed by atoms with Crippen LogP contribution in [-0.4, -0.2) is 21.4 Å². The minimum Gasteiger partial charge on any atom is -0.415 e. The Bertz CT molecular complexity index is 909. The van der Waals surface area contributed by atoms with E-state index in [1.54, 1.807) is 11.4 Å². The summed E-state index contributed by atoms with van der Waals surface area (Å²) in [5, 5.41) is 23.0. The second kappa shape index (κ2) is 6.89. The number of amides is 1. The van der Waals surface area contributed by atoms with Gasteiger partial charge in [0.1, 0.15) is 11.1 Å². The highest BCUT2D eigenvalue weighted by atomic mass is 32.2. The van der Waals surface area contributed by atoms with Gasteiger partial charge in [-0.25, -0.2) is 0 Å². The van der Waals surface area contributed by atoms with Crippen molar-refractivity contribution < 1.29 is 9.21 Å². The number of rotatable bonds is 5. The van der Waals surface area contributed by atoms with Crippen molar-refractivity contribution in [1.82, 2.24) is 10.2 Å². The highest BCUT2D eigenvalue weighted by molar-refractivity contribution is 8.00. The second-order valence-electron chi connectivity index (χ2n) is 8.60. The van der Waals surface area contributed by atoms with Crippen molar-refractivity contribution in [3.8, 4) is 6.07 Å². The van der Waals surface area contributed by atoms with Gasteiger partial charge in [0.25, 0.3) is 5.22 Å². The summed E-state index contributed by atoms with van der Waals surface area (Å²) in [6.07, 6.45) is 7.66. The number of nitrogens with one attached hydrogen (secondary N) is 1. The first-order valence-corrected chi connectivity index (χ1v) is 11.6. The van der Waals surface area contributed by atoms with Gasteiger partial charge in [0.2, 0.25) is 11.8 Å². The lowest BCUT2D eigenvalue weighted by Crippen LogP contribution is -2.48. The van der Waals surface area contributed by atoms with Crippen LogP contribution in [0.15, 0.2) is 21.1 Å². The van der Waals surface area contributed by atoms with Gasteiger partial charge in [-0.1, -0.05) is 11.8 Å². The fourth-order valence-electron chi connectivity index (χ4n) is 5.76. The van der Waals surface area contributed by atoms with Crippen LogP contribution in [0.5, 0.6) is 0 Å². The molecule has 2 aromatic heterocycles. The number of hydrogen-bond acceptors (Lipinski definition) is 7. The van der Waals surface area contributed by atoms with E-state index in [4.69, 9.17) is 9.68 Å². The second-order valence-corrected chi connectivity index (χ2v) is 10.8. The monoisotopic (exact) mass is 414 g/mol. The molecule has 2 heterocycles. The van der Waals surface area contributed by atoms with E-state index in [0.29, 0.717) is 15.8 Å².